The van der Waals surface area contributed by atoms with Gasteiger partial charge in [-0.2, -0.15) is 13.2 Å². The maximum Gasteiger partial charge on any atom is 0.416 e. The molecule has 0 radical (unpaired) electrons. The Labute approximate surface area is 134 Å². The molecule has 0 aliphatic carbocycles. The van der Waals surface area contributed by atoms with Gasteiger partial charge in [-0.25, -0.2) is 0 Å². The van der Waals surface area contributed by atoms with Crippen LogP contribution in [-0.2, 0) is 12.6 Å². The molecular weight excluding hydrogens is 303 g/mol. The molecule has 0 saturated heterocycles. The van der Waals surface area contributed by atoms with E-state index in [1.807, 2.05) is 31.2 Å². The molecule has 124 valence electrons. The third-order valence-electron chi connectivity index (χ3n) is 3.45. The van der Waals surface area contributed by atoms with Gasteiger partial charge in [-0.15, -0.1) is 0 Å². The van der Waals surface area contributed by atoms with Gasteiger partial charge < -0.3 is 10.1 Å². The third kappa shape index (κ3) is 5.20. The number of anilines is 1. The van der Waals surface area contributed by atoms with Crippen LogP contribution in [0.4, 0.5) is 18.9 Å². The van der Waals surface area contributed by atoms with E-state index in [0.717, 1.165) is 24.3 Å². The molecule has 0 aliphatic heterocycles. The fourth-order valence-corrected chi connectivity index (χ4v) is 2.14. The minimum absolute atomic E-state index is 0.169. The molecule has 1 N–H and O–H groups in total. The zero-order valence-electron chi connectivity index (χ0n) is 13.2. The molecule has 2 aromatic carbocycles. The summed E-state index contributed by atoms with van der Waals surface area (Å²) >= 11 is 0. The van der Waals surface area contributed by atoms with Crippen LogP contribution in [0.15, 0.2) is 48.5 Å². The van der Waals surface area contributed by atoms with Crippen molar-refractivity contribution in [2.45, 2.75) is 32.5 Å². The molecule has 1 atom stereocenters. The van der Waals surface area contributed by atoms with Crippen molar-refractivity contribution in [1.82, 2.24) is 0 Å². The molecule has 0 fully saturated rings. The Bertz CT molecular complexity index is 623. The number of benzene rings is 2. The van der Waals surface area contributed by atoms with E-state index in [9.17, 15) is 13.2 Å². The van der Waals surface area contributed by atoms with Crippen molar-refractivity contribution in [3.8, 4) is 5.75 Å². The van der Waals surface area contributed by atoms with Gasteiger partial charge >= 0.3 is 6.18 Å². The lowest BCUT2D eigenvalue weighted by Gasteiger charge is -2.17. The zero-order valence-corrected chi connectivity index (χ0v) is 13.2. The first-order valence-corrected chi connectivity index (χ1v) is 7.55. The lowest BCUT2D eigenvalue weighted by molar-refractivity contribution is -0.137. The Hall–Kier alpha value is -2.17. The van der Waals surface area contributed by atoms with Crippen molar-refractivity contribution in [2.75, 3.05) is 11.9 Å². The lowest BCUT2D eigenvalue weighted by atomic mass is 10.2. The largest absolute Gasteiger partial charge is 0.489 e. The van der Waals surface area contributed by atoms with E-state index in [1.54, 1.807) is 6.07 Å². The van der Waals surface area contributed by atoms with Gasteiger partial charge in [0.1, 0.15) is 11.9 Å². The highest BCUT2D eigenvalue weighted by Gasteiger charge is 2.30. The highest BCUT2D eigenvalue weighted by molar-refractivity contribution is 5.46. The molecule has 0 aliphatic rings. The van der Waals surface area contributed by atoms with Crippen molar-refractivity contribution in [3.63, 3.8) is 0 Å². The van der Waals surface area contributed by atoms with Gasteiger partial charge in [-0.3, -0.25) is 0 Å². The summed E-state index contributed by atoms with van der Waals surface area (Å²) in [6.07, 6.45) is -3.54. The minimum Gasteiger partial charge on any atom is -0.489 e. The number of rotatable bonds is 6. The minimum atomic E-state index is -4.33. The molecule has 0 amide bonds. The van der Waals surface area contributed by atoms with Gasteiger partial charge in [0.2, 0.25) is 0 Å². The summed E-state index contributed by atoms with van der Waals surface area (Å²) in [5.41, 5.74) is 0.995. The maximum absolute atomic E-state index is 12.7. The Morgan fingerprint density at radius 1 is 1.09 bits per heavy atom. The molecule has 2 aromatic rings. The van der Waals surface area contributed by atoms with Crippen molar-refractivity contribution < 1.29 is 17.9 Å². The van der Waals surface area contributed by atoms with Crippen molar-refractivity contribution in [1.29, 1.82) is 0 Å². The zero-order chi connectivity index (χ0) is 16.9. The number of hydrogen-bond acceptors (Lipinski definition) is 2. The molecule has 0 saturated carbocycles. The first kappa shape index (κ1) is 17.2. The van der Waals surface area contributed by atoms with Crippen molar-refractivity contribution >= 4 is 5.69 Å². The van der Waals surface area contributed by atoms with Crippen LogP contribution in [0.3, 0.4) is 0 Å². The molecule has 0 bridgehead atoms. The Morgan fingerprint density at radius 3 is 2.39 bits per heavy atom. The summed E-state index contributed by atoms with van der Waals surface area (Å²) < 4.78 is 43.7. The monoisotopic (exact) mass is 323 g/mol. The second-order valence-electron chi connectivity index (χ2n) is 5.39. The average Bonchev–Trinajstić information content (AvgIpc) is 2.53. The molecular formula is C18H20F3NO. The topological polar surface area (TPSA) is 21.3 Å². The fraction of sp³-hybridized carbons (Fsp3) is 0.333. The van der Waals surface area contributed by atoms with E-state index in [1.165, 1.54) is 11.6 Å². The summed E-state index contributed by atoms with van der Waals surface area (Å²) in [4.78, 5) is 0. The predicted octanol–water partition coefficient (Wildman–Crippen LogP) is 5.15. The normalized spacial score (nSPS) is 12.7. The highest BCUT2D eigenvalue weighted by Crippen LogP contribution is 2.30. The van der Waals surface area contributed by atoms with Crippen LogP contribution in [0.25, 0.3) is 0 Å². The number of halogens is 3. The van der Waals surface area contributed by atoms with E-state index in [-0.39, 0.29) is 6.10 Å². The number of hydrogen-bond donors (Lipinski definition) is 1. The molecule has 0 spiro atoms. The summed E-state index contributed by atoms with van der Waals surface area (Å²) in [6, 6.07) is 13.0. The Balaban J connectivity index is 1.90. The predicted molar refractivity (Wildman–Crippen MR) is 85.8 cm³/mol. The quantitative estimate of drug-likeness (QED) is 0.794. The molecule has 5 heteroatoms. The van der Waals surface area contributed by atoms with E-state index < -0.39 is 11.7 Å². The second-order valence-corrected chi connectivity index (χ2v) is 5.39. The SMILES string of the molecule is CCc1ccc(O[C@H](C)CNc2cccc(C(F)(F)F)c2)cc1. The molecule has 0 heterocycles. The van der Waals surface area contributed by atoms with Crippen LogP contribution in [-0.4, -0.2) is 12.6 Å². The summed E-state index contributed by atoms with van der Waals surface area (Å²) in [6.45, 7) is 4.36. The second kappa shape index (κ2) is 7.40. The van der Waals surface area contributed by atoms with E-state index in [2.05, 4.69) is 12.2 Å². The van der Waals surface area contributed by atoms with Gasteiger partial charge in [-0.05, 0) is 49.2 Å². The fourth-order valence-electron chi connectivity index (χ4n) is 2.14. The standard InChI is InChI=1S/C18H20F3NO/c1-3-14-7-9-17(10-8-14)23-13(2)12-22-16-6-4-5-15(11-16)18(19,20)21/h4-11,13,22H,3,12H2,1-2H3/t13-/m1/s1. The number of nitrogens with one attached hydrogen (secondary N) is 1. The molecule has 2 rings (SSSR count). The maximum atomic E-state index is 12.7. The molecule has 23 heavy (non-hydrogen) atoms. The average molecular weight is 323 g/mol. The van der Waals surface area contributed by atoms with Crippen LogP contribution < -0.4 is 10.1 Å². The molecule has 2 nitrogen and oxygen atoms in total. The molecule has 0 unspecified atom stereocenters. The van der Waals surface area contributed by atoms with Gasteiger partial charge in [0.25, 0.3) is 0 Å². The summed E-state index contributed by atoms with van der Waals surface area (Å²) in [5, 5.41) is 2.97. The third-order valence-corrected chi connectivity index (χ3v) is 3.45. The van der Waals surface area contributed by atoms with Gasteiger partial charge in [0.05, 0.1) is 12.1 Å². The smallest absolute Gasteiger partial charge is 0.416 e. The summed E-state index contributed by atoms with van der Waals surface area (Å²) in [7, 11) is 0. The first-order chi connectivity index (χ1) is 10.9. The first-order valence-electron chi connectivity index (χ1n) is 7.55. The van der Waals surface area contributed by atoms with E-state index in [4.69, 9.17) is 4.74 Å². The molecule has 0 aromatic heterocycles. The highest BCUT2D eigenvalue weighted by atomic mass is 19.4. The van der Waals surface area contributed by atoms with Crippen LogP contribution in [0.5, 0.6) is 5.75 Å². The Kier molecular flexibility index (Phi) is 5.53. The lowest BCUT2D eigenvalue weighted by Crippen LogP contribution is -2.22. The van der Waals surface area contributed by atoms with E-state index in [0.29, 0.717) is 12.2 Å². The summed E-state index contributed by atoms with van der Waals surface area (Å²) in [5.74, 6) is 0.751. The number of alkyl halides is 3. The Morgan fingerprint density at radius 2 is 1.78 bits per heavy atom. The van der Waals surface area contributed by atoms with Crippen LogP contribution >= 0.6 is 0 Å². The number of aryl methyl sites for hydroxylation is 1. The van der Waals surface area contributed by atoms with Crippen LogP contribution in [0.2, 0.25) is 0 Å². The van der Waals surface area contributed by atoms with E-state index >= 15 is 0 Å². The van der Waals surface area contributed by atoms with Gasteiger partial charge in [0, 0.05) is 5.69 Å². The number of ether oxygens (including phenoxy) is 1. The van der Waals surface area contributed by atoms with Crippen molar-refractivity contribution in [2.24, 2.45) is 0 Å². The van der Waals surface area contributed by atoms with Crippen molar-refractivity contribution in [3.05, 3.63) is 59.7 Å². The van der Waals surface area contributed by atoms with Crippen LogP contribution in [0, 0.1) is 0 Å². The van der Waals surface area contributed by atoms with Crippen LogP contribution in [0.1, 0.15) is 25.0 Å². The van der Waals surface area contributed by atoms with Gasteiger partial charge in [-0.1, -0.05) is 25.1 Å². The van der Waals surface area contributed by atoms with Gasteiger partial charge in [0.15, 0.2) is 0 Å².